The van der Waals surface area contributed by atoms with Gasteiger partial charge in [0.25, 0.3) is 5.91 Å². The van der Waals surface area contributed by atoms with E-state index >= 15 is 0 Å². The summed E-state index contributed by atoms with van der Waals surface area (Å²) in [5, 5.41) is 5.25. The lowest BCUT2D eigenvalue weighted by atomic mass is 10.0. The number of carbonyl (C=O) groups excluding carboxylic acids is 2. The number of ether oxygens (including phenoxy) is 1. The average molecular weight is 327 g/mol. The van der Waals surface area contributed by atoms with Gasteiger partial charge in [-0.25, -0.2) is 0 Å². The zero-order valence-corrected chi connectivity index (χ0v) is 13.9. The molecule has 1 aliphatic rings. The number of hydrogen-bond acceptors (Lipinski definition) is 3. The molecular weight excluding hydrogens is 304 g/mol. The largest absolute Gasteiger partial charge is 0.466 e. The quantitative estimate of drug-likeness (QED) is 0.794. The second-order valence-electron chi connectivity index (χ2n) is 6.12. The van der Waals surface area contributed by atoms with Crippen LogP contribution >= 0.6 is 0 Å². The Labute approximate surface area is 141 Å². The highest BCUT2D eigenvalue weighted by Crippen LogP contribution is 2.15. The summed E-state index contributed by atoms with van der Waals surface area (Å²) in [4.78, 5) is 25.1. The second kappa shape index (κ2) is 7.45. The first-order chi connectivity index (χ1) is 11.7. The van der Waals surface area contributed by atoms with Gasteiger partial charge in [0.05, 0.1) is 19.7 Å². The van der Waals surface area contributed by atoms with Gasteiger partial charge in [-0.1, -0.05) is 36.4 Å². The highest BCUT2D eigenvalue weighted by Gasteiger charge is 2.35. The van der Waals surface area contributed by atoms with Gasteiger partial charge in [-0.15, -0.1) is 0 Å². The van der Waals surface area contributed by atoms with Crippen molar-refractivity contribution in [3.63, 3.8) is 0 Å². The first-order valence-corrected chi connectivity index (χ1v) is 8.43. The number of piperazine rings is 1. The molecule has 2 unspecified atom stereocenters. The lowest BCUT2D eigenvalue weighted by Crippen LogP contribution is -3.18. The van der Waals surface area contributed by atoms with Gasteiger partial charge in [0.1, 0.15) is 13.0 Å². The molecule has 0 bridgehead atoms. The van der Waals surface area contributed by atoms with E-state index in [1.807, 2.05) is 12.1 Å². The number of carbonyl (C=O) groups is 2. The summed E-state index contributed by atoms with van der Waals surface area (Å²) >= 11 is 0. The molecule has 1 saturated heterocycles. The molecule has 0 aliphatic carbocycles. The summed E-state index contributed by atoms with van der Waals surface area (Å²) in [6.45, 7) is 4.29. The molecule has 1 amide bonds. The fourth-order valence-electron chi connectivity index (χ4n) is 3.28. The zero-order chi connectivity index (χ0) is 16.9. The number of rotatable bonds is 5. The monoisotopic (exact) mass is 327 g/mol. The van der Waals surface area contributed by atoms with Crippen LogP contribution in [0.4, 0.5) is 0 Å². The first-order valence-electron chi connectivity index (χ1n) is 8.43. The molecule has 5 heteroatoms. The molecule has 0 radical (unpaired) electrons. The molecular formula is C19H23N2O3+. The van der Waals surface area contributed by atoms with Crippen molar-refractivity contribution in [2.45, 2.75) is 25.9 Å². The Hall–Kier alpha value is -2.40. The normalized spacial score (nSPS) is 20.6. The molecule has 0 saturated carbocycles. The highest BCUT2D eigenvalue weighted by atomic mass is 16.5. The first kappa shape index (κ1) is 16.5. The molecule has 2 aromatic carbocycles. The van der Waals surface area contributed by atoms with Crippen molar-refractivity contribution in [3.05, 3.63) is 48.0 Å². The molecule has 1 fully saturated rings. The van der Waals surface area contributed by atoms with Crippen LogP contribution in [0.2, 0.25) is 0 Å². The van der Waals surface area contributed by atoms with E-state index < -0.39 is 0 Å². The molecule has 2 atom stereocenters. The van der Waals surface area contributed by atoms with Crippen LogP contribution in [-0.4, -0.2) is 37.6 Å². The van der Waals surface area contributed by atoms with E-state index in [0.717, 1.165) is 18.0 Å². The molecule has 126 valence electrons. The number of benzene rings is 2. The molecule has 5 nitrogen and oxygen atoms in total. The molecule has 1 heterocycles. The van der Waals surface area contributed by atoms with E-state index in [2.05, 4.69) is 35.6 Å². The van der Waals surface area contributed by atoms with Crippen molar-refractivity contribution < 1.29 is 19.2 Å². The Balaban J connectivity index is 1.76. The Morgan fingerprint density at radius 2 is 2.04 bits per heavy atom. The van der Waals surface area contributed by atoms with Gasteiger partial charge in [0, 0.05) is 5.56 Å². The van der Waals surface area contributed by atoms with Crippen LogP contribution < -0.4 is 10.2 Å². The standard InChI is InChI=1S/C19H22N2O3/c1-2-24-18(22)12-17-19(23)20-9-10-21(17)13-14-7-8-15-5-3-4-6-16(15)11-14/h3-8,11,17H,2,9-10,12-13H2,1H3,(H,20,23)/p+1. The lowest BCUT2D eigenvalue weighted by molar-refractivity contribution is -0.930. The smallest absolute Gasteiger partial charge is 0.312 e. The third-order valence-electron chi connectivity index (χ3n) is 4.48. The molecule has 1 aliphatic heterocycles. The topological polar surface area (TPSA) is 59.8 Å². The summed E-state index contributed by atoms with van der Waals surface area (Å²) in [7, 11) is 0. The zero-order valence-electron chi connectivity index (χ0n) is 13.9. The van der Waals surface area contributed by atoms with Crippen molar-refractivity contribution in [3.8, 4) is 0 Å². The maximum Gasteiger partial charge on any atom is 0.312 e. The van der Waals surface area contributed by atoms with Crippen LogP contribution in [0.5, 0.6) is 0 Å². The molecule has 24 heavy (non-hydrogen) atoms. The van der Waals surface area contributed by atoms with E-state index in [-0.39, 0.29) is 24.3 Å². The van der Waals surface area contributed by atoms with Crippen molar-refractivity contribution >= 4 is 22.6 Å². The van der Waals surface area contributed by atoms with Crippen molar-refractivity contribution in [2.75, 3.05) is 19.7 Å². The van der Waals surface area contributed by atoms with Crippen LogP contribution in [0, 0.1) is 0 Å². The number of hydrogen-bond donors (Lipinski definition) is 2. The number of quaternary nitrogens is 1. The maximum absolute atomic E-state index is 12.2. The molecule has 2 aromatic rings. The van der Waals surface area contributed by atoms with E-state index in [1.54, 1.807) is 6.92 Å². The van der Waals surface area contributed by atoms with Gasteiger partial charge < -0.3 is 15.0 Å². The van der Waals surface area contributed by atoms with Crippen molar-refractivity contribution in [1.29, 1.82) is 0 Å². The molecule has 0 aromatic heterocycles. The van der Waals surface area contributed by atoms with Crippen molar-refractivity contribution in [2.24, 2.45) is 0 Å². The van der Waals surface area contributed by atoms with Crippen LogP contribution in [0.15, 0.2) is 42.5 Å². The minimum absolute atomic E-state index is 0.0647. The molecule has 2 N–H and O–H groups in total. The predicted molar refractivity (Wildman–Crippen MR) is 91.5 cm³/mol. The fraction of sp³-hybridized carbons (Fsp3) is 0.368. The number of fused-ring (bicyclic) bond motifs is 1. The minimum Gasteiger partial charge on any atom is -0.466 e. The maximum atomic E-state index is 12.2. The van der Waals surface area contributed by atoms with Gasteiger partial charge >= 0.3 is 5.97 Å². The summed E-state index contributed by atoms with van der Waals surface area (Å²) in [6, 6.07) is 14.2. The number of esters is 1. The van der Waals surface area contributed by atoms with Gasteiger partial charge in [-0.2, -0.15) is 0 Å². The van der Waals surface area contributed by atoms with Crippen molar-refractivity contribution in [1.82, 2.24) is 5.32 Å². The highest BCUT2D eigenvalue weighted by molar-refractivity contribution is 5.86. The number of nitrogens with one attached hydrogen (secondary N) is 2. The number of amides is 1. The molecule has 0 spiro atoms. The molecule has 3 rings (SSSR count). The Morgan fingerprint density at radius 1 is 1.25 bits per heavy atom. The third kappa shape index (κ3) is 3.74. The summed E-state index contributed by atoms with van der Waals surface area (Å²) in [6.07, 6.45) is 0.128. The average Bonchev–Trinajstić information content (AvgIpc) is 2.58. The van der Waals surface area contributed by atoms with E-state index in [1.165, 1.54) is 16.3 Å². The predicted octanol–water partition coefficient (Wildman–Crippen LogP) is 0.676. The second-order valence-corrected chi connectivity index (χ2v) is 6.12. The Morgan fingerprint density at radius 3 is 2.83 bits per heavy atom. The minimum atomic E-state index is -0.385. The Kier molecular flexibility index (Phi) is 5.11. The fourth-order valence-corrected chi connectivity index (χ4v) is 3.28. The van der Waals surface area contributed by atoms with Gasteiger partial charge in [0.2, 0.25) is 0 Å². The van der Waals surface area contributed by atoms with E-state index in [0.29, 0.717) is 13.2 Å². The van der Waals surface area contributed by atoms with Crippen LogP contribution in [0.25, 0.3) is 10.8 Å². The van der Waals surface area contributed by atoms with E-state index in [9.17, 15) is 9.59 Å². The SMILES string of the molecule is CCOC(=O)CC1C(=O)NCC[NH+]1Cc1ccc2ccccc2c1. The van der Waals surface area contributed by atoms with Crippen LogP contribution in [-0.2, 0) is 20.9 Å². The van der Waals surface area contributed by atoms with Gasteiger partial charge in [-0.3, -0.25) is 9.59 Å². The van der Waals surface area contributed by atoms with Gasteiger partial charge in [0.15, 0.2) is 6.04 Å². The third-order valence-corrected chi connectivity index (χ3v) is 4.48. The summed E-state index contributed by atoms with van der Waals surface area (Å²) in [5.74, 6) is -0.374. The van der Waals surface area contributed by atoms with Gasteiger partial charge in [-0.05, 0) is 23.8 Å². The summed E-state index contributed by atoms with van der Waals surface area (Å²) in [5.41, 5.74) is 1.17. The summed E-state index contributed by atoms with van der Waals surface area (Å²) < 4.78 is 5.02. The van der Waals surface area contributed by atoms with E-state index in [4.69, 9.17) is 4.74 Å². The Bertz CT molecular complexity index is 744. The lowest BCUT2D eigenvalue weighted by Gasteiger charge is -2.31. The van der Waals surface area contributed by atoms with Crippen LogP contribution in [0.1, 0.15) is 18.9 Å². The van der Waals surface area contributed by atoms with Crippen LogP contribution in [0.3, 0.4) is 0 Å².